The SMILES string of the molecule is COCc1ccc(N2CC(Br)CC2=O)cc1. The molecule has 0 aromatic heterocycles. The molecule has 0 spiro atoms. The number of amides is 1. The molecule has 0 bridgehead atoms. The number of carbonyl (C=O) groups is 1. The van der Waals surface area contributed by atoms with Gasteiger partial charge in [0.2, 0.25) is 5.91 Å². The van der Waals surface area contributed by atoms with E-state index in [1.165, 1.54) is 0 Å². The van der Waals surface area contributed by atoms with Gasteiger partial charge in [0, 0.05) is 30.6 Å². The number of benzene rings is 1. The highest BCUT2D eigenvalue weighted by atomic mass is 79.9. The molecule has 1 aliphatic heterocycles. The molecule has 0 radical (unpaired) electrons. The van der Waals surface area contributed by atoms with Gasteiger partial charge in [0.15, 0.2) is 0 Å². The van der Waals surface area contributed by atoms with Crippen molar-refractivity contribution in [2.45, 2.75) is 17.9 Å². The molecule has 1 aromatic rings. The van der Waals surface area contributed by atoms with Gasteiger partial charge in [0.25, 0.3) is 0 Å². The minimum Gasteiger partial charge on any atom is -0.380 e. The van der Waals surface area contributed by atoms with E-state index in [-0.39, 0.29) is 10.7 Å². The predicted molar refractivity (Wildman–Crippen MR) is 66.8 cm³/mol. The van der Waals surface area contributed by atoms with Crippen LogP contribution in [-0.2, 0) is 16.1 Å². The van der Waals surface area contributed by atoms with Gasteiger partial charge in [-0.05, 0) is 17.7 Å². The molecule has 1 fully saturated rings. The second-order valence-electron chi connectivity index (χ2n) is 3.91. The molecule has 1 saturated heterocycles. The zero-order valence-electron chi connectivity index (χ0n) is 9.15. The van der Waals surface area contributed by atoms with Crippen LogP contribution in [0.1, 0.15) is 12.0 Å². The summed E-state index contributed by atoms with van der Waals surface area (Å²) in [5, 5.41) is 0. The summed E-state index contributed by atoms with van der Waals surface area (Å²) in [7, 11) is 1.67. The summed E-state index contributed by atoms with van der Waals surface area (Å²) in [5.41, 5.74) is 2.08. The van der Waals surface area contributed by atoms with Gasteiger partial charge in [0.05, 0.1) is 6.61 Å². The highest BCUT2D eigenvalue weighted by molar-refractivity contribution is 9.09. The van der Waals surface area contributed by atoms with Gasteiger partial charge in [-0.25, -0.2) is 0 Å². The summed E-state index contributed by atoms with van der Waals surface area (Å²) in [6, 6.07) is 7.93. The van der Waals surface area contributed by atoms with Crippen LogP contribution in [0.25, 0.3) is 0 Å². The molecule has 86 valence electrons. The first-order valence-electron chi connectivity index (χ1n) is 5.23. The highest BCUT2D eigenvalue weighted by Gasteiger charge is 2.28. The molecule has 16 heavy (non-hydrogen) atoms. The molecule has 1 aromatic carbocycles. The van der Waals surface area contributed by atoms with Crippen LogP contribution >= 0.6 is 15.9 Å². The largest absolute Gasteiger partial charge is 0.380 e. The number of methoxy groups -OCH3 is 1. The minimum absolute atomic E-state index is 0.182. The molecular weight excluding hydrogens is 270 g/mol. The van der Waals surface area contributed by atoms with Crippen LogP contribution < -0.4 is 4.90 Å². The minimum atomic E-state index is 0.182. The van der Waals surface area contributed by atoms with Gasteiger partial charge in [0.1, 0.15) is 0 Å². The van der Waals surface area contributed by atoms with E-state index in [1.807, 2.05) is 29.2 Å². The number of ether oxygens (including phenoxy) is 1. The number of rotatable bonds is 3. The van der Waals surface area contributed by atoms with Crippen molar-refractivity contribution in [3.63, 3.8) is 0 Å². The van der Waals surface area contributed by atoms with Crippen molar-refractivity contribution in [2.24, 2.45) is 0 Å². The van der Waals surface area contributed by atoms with Gasteiger partial charge in [-0.3, -0.25) is 4.79 Å². The van der Waals surface area contributed by atoms with Gasteiger partial charge in [-0.2, -0.15) is 0 Å². The number of hydrogen-bond donors (Lipinski definition) is 0. The van der Waals surface area contributed by atoms with E-state index in [1.54, 1.807) is 7.11 Å². The third-order valence-electron chi connectivity index (χ3n) is 2.64. The zero-order valence-corrected chi connectivity index (χ0v) is 10.7. The average Bonchev–Trinajstić information content (AvgIpc) is 2.59. The third-order valence-corrected chi connectivity index (χ3v) is 3.25. The maximum atomic E-state index is 11.7. The van der Waals surface area contributed by atoms with E-state index in [9.17, 15) is 4.79 Å². The topological polar surface area (TPSA) is 29.5 Å². The van der Waals surface area contributed by atoms with Gasteiger partial charge in [-0.1, -0.05) is 28.1 Å². The summed E-state index contributed by atoms with van der Waals surface area (Å²) < 4.78 is 5.04. The van der Waals surface area contributed by atoms with E-state index in [0.717, 1.165) is 17.8 Å². The predicted octanol–water partition coefficient (Wildman–Crippen LogP) is 2.33. The Labute approximate surface area is 104 Å². The van der Waals surface area contributed by atoms with E-state index >= 15 is 0 Å². The Morgan fingerprint density at radius 1 is 1.44 bits per heavy atom. The first-order chi connectivity index (χ1) is 7.70. The van der Waals surface area contributed by atoms with Crippen LogP contribution in [0.2, 0.25) is 0 Å². The Balaban J connectivity index is 2.12. The molecule has 4 heteroatoms. The normalized spacial score (nSPS) is 20.5. The summed E-state index contributed by atoms with van der Waals surface area (Å²) in [4.78, 5) is 13.8. The third kappa shape index (κ3) is 2.44. The molecule has 1 unspecified atom stereocenters. The molecule has 1 atom stereocenters. The number of halogens is 1. The van der Waals surface area contributed by atoms with Crippen molar-refractivity contribution in [2.75, 3.05) is 18.6 Å². The molecule has 0 saturated carbocycles. The lowest BCUT2D eigenvalue weighted by molar-refractivity contribution is -0.117. The lowest BCUT2D eigenvalue weighted by atomic mass is 10.2. The second-order valence-corrected chi connectivity index (χ2v) is 5.20. The molecule has 0 aliphatic carbocycles. The maximum absolute atomic E-state index is 11.7. The van der Waals surface area contributed by atoms with Crippen molar-refractivity contribution in [1.82, 2.24) is 0 Å². The van der Waals surface area contributed by atoms with Crippen LogP contribution in [0, 0.1) is 0 Å². The molecule has 1 heterocycles. The number of hydrogen-bond acceptors (Lipinski definition) is 2. The van der Waals surface area contributed by atoms with E-state index < -0.39 is 0 Å². The Hall–Kier alpha value is -0.870. The summed E-state index contributed by atoms with van der Waals surface area (Å²) in [6.45, 7) is 1.36. The van der Waals surface area contributed by atoms with Crippen molar-refractivity contribution >= 4 is 27.5 Å². The Morgan fingerprint density at radius 3 is 2.62 bits per heavy atom. The Morgan fingerprint density at radius 2 is 2.12 bits per heavy atom. The van der Waals surface area contributed by atoms with Crippen LogP contribution in [0.3, 0.4) is 0 Å². The van der Waals surface area contributed by atoms with Crippen molar-refractivity contribution in [1.29, 1.82) is 0 Å². The van der Waals surface area contributed by atoms with Crippen LogP contribution in [-0.4, -0.2) is 24.4 Å². The Bertz CT molecular complexity index is 377. The standard InChI is InChI=1S/C12H14BrNO2/c1-16-8-9-2-4-11(5-3-9)14-7-10(13)6-12(14)15/h2-5,10H,6-8H2,1H3. The van der Waals surface area contributed by atoms with Crippen molar-refractivity contribution in [3.8, 4) is 0 Å². The number of anilines is 1. The summed E-state index contributed by atoms with van der Waals surface area (Å²) >= 11 is 3.47. The number of alkyl halides is 1. The molecule has 2 rings (SSSR count). The highest BCUT2D eigenvalue weighted by Crippen LogP contribution is 2.25. The van der Waals surface area contributed by atoms with Crippen LogP contribution in [0.4, 0.5) is 5.69 Å². The zero-order chi connectivity index (χ0) is 11.5. The average molecular weight is 284 g/mol. The van der Waals surface area contributed by atoms with Gasteiger partial charge < -0.3 is 9.64 Å². The van der Waals surface area contributed by atoms with Crippen molar-refractivity contribution in [3.05, 3.63) is 29.8 Å². The lowest BCUT2D eigenvalue weighted by Gasteiger charge is -2.16. The van der Waals surface area contributed by atoms with E-state index in [4.69, 9.17) is 4.74 Å². The molecule has 3 nitrogen and oxygen atoms in total. The van der Waals surface area contributed by atoms with Crippen molar-refractivity contribution < 1.29 is 9.53 Å². The van der Waals surface area contributed by atoms with Gasteiger partial charge in [-0.15, -0.1) is 0 Å². The maximum Gasteiger partial charge on any atom is 0.228 e. The number of nitrogens with zero attached hydrogens (tertiary/aromatic N) is 1. The molecule has 1 aliphatic rings. The molecule has 1 amide bonds. The fourth-order valence-corrected chi connectivity index (χ4v) is 2.42. The fourth-order valence-electron chi connectivity index (χ4n) is 1.85. The second kappa shape index (κ2) is 4.97. The van der Waals surface area contributed by atoms with Crippen LogP contribution in [0.15, 0.2) is 24.3 Å². The van der Waals surface area contributed by atoms with Gasteiger partial charge >= 0.3 is 0 Å². The quantitative estimate of drug-likeness (QED) is 0.797. The molecule has 0 N–H and O–H groups in total. The van der Waals surface area contributed by atoms with E-state index in [0.29, 0.717) is 13.0 Å². The summed E-state index contributed by atoms with van der Waals surface area (Å²) in [6.07, 6.45) is 0.583. The number of carbonyl (C=O) groups excluding carboxylic acids is 1. The van der Waals surface area contributed by atoms with E-state index in [2.05, 4.69) is 15.9 Å². The summed E-state index contributed by atoms with van der Waals surface area (Å²) in [5.74, 6) is 0.182. The Kier molecular flexibility index (Phi) is 3.61. The smallest absolute Gasteiger partial charge is 0.228 e. The lowest BCUT2D eigenvalue weighted by Crippen LogP contribution is -2.24. The monoisotopic (exact) mass is 283 g/mol. The first kappa shape index (κ1) is 11.6. The fraction of sp³-hybridized carbons (Fsp3) is 0.417. The van der Waals surface area contributed by atoms with Crippen LogP contribution in [0.5, 0.6) is 0 Å². The first-order valence-corrected chi connectivity index (χ1v) is 6.14. The molecular formula is C12H14BrNO2.